The van der Waals surface area contributed by atoms with Crippen LogP contribution in [0.5, 0.6) is 0 Å². The molecule has 6 nitrogen and oxygen atoms in total. The van der Waals surface area contributed by atoms with Crippen LogP contribution in [0.1, 0.15) is 31.2 Å². The zero-order chi connectivity index (χ0) is 21.1. The SMILES string of the molecule is CC(c1ccccn1)C12C=CC(C)(c3noc4cc(F)ccc34)C=C1C(=O)NC2=O. The van der Waals surface area contributed by atoms with E-state index in [0.717, 1.165) is 0 Å². The molecule has 1 aliphatic heterocycles. The van der Waals surface area contributed by atoms with Crippen molar-refractivity contribution in [3.8, 4) is 0 Å². The zero-order valence-corrected chi connectivity index (χ0v) is 16.3. The molecular formula is C23H18FN3O3. The molecule has 1 fully saturated rings. The Hall–Kier alpha value is -3.61. The minimum Gasteiger partial charge on any atom is -0.356 e. The molecular weight excluding hydrogens is 385 g/mol. The van der Waals surface area contributed by atoms with Gasteiger partial charge < -0.3 is 4.52 Å². The van der Waals surface area contributed by atoms with Crippen molar-refractivity contribution >= 4 is 22.8 Å². The number of aromatic nitrogens is 2. The van der Waals surface area contributed by atoms with Crippen molar-refractivity contribution in [3.63, 3.8) is 0 Å². The minimum absolute atomic E-state index is 0.323. The molecule has 2 aliphatic rings. The molecule has 150 valence electrons. The average molecular weight is 403 g/mol. The lowest BCUT2D eigenvalue weighted by Crippen LogP contribution is -2.38. The summed E-state index contributed by atoms with van der Waals surface area (Å²) in [6, 6.07) is 9.71. The van der Waals surface area contributed by atoms with Crippen LogP contribution in [-0.4, -0.2) is 22.0 Å². The number of halogens is 1. The van der Waals surface area contributed by atoms with Crippen LogP contribution in [0.2, 0.25) is 0 Å². The Labute approximate surface area is 171 Å². The van der Waals surface area contributed by atoms with E-state index in [-0.39, 0.29) is 11.8 Å². The first-order chi connectivity index (χ1) is 14.3. The van der Waals surface area contributed by atoms with Crippen LogP contribution in [0.15, 0.2) is 70.9 Å². The predicted molar refractivity (Wildman–Crippen MR) is 107 cm³/mol. The summed E-state index contributed by atoms with van der Waals surface area (Å²) in [5.74, 6) is -1.59. The van der Waals surface area contributed by atoms with Crippen molar-refractivity contribution in [2.75, 3.05) is 0 Å². The molecule has 1 aromatic carbocycles. The Morgan fingerprint density at radius 3 is 2.77 bits per heavy atom. The van der Waals surface area contributed by atoms with Crippen molar-refractivity contribution in [2.24, 2.45) is 5.41 Å². The molecule has 2 amide bonds. The Morgan fingerprint density at radius 1 is 1.17 bits per heavy atom. The quantitative estimate of drug-likeness (QED) is 0.534. The number of amides is 2. The first kappa shape index (κ1) is 18.4. The van der Waals surface area contributed by atoms with E-state index in [1.165, 1.54) is 12.1 Å². The van der Waals surface area contributed by atoms with E-state index in [2.05, 4.69) is 15.5 Å². The lowest BCUT2D eigenvalue weighted by atomic mass is 9.63. The second-order valence-corrected chi connectivity index (χ2v) is 7.97. The highest BCUT2D eigenvalue weighted by Gasteiger charge is 2.56. The summed E-state index contributed by atoms with van der Waals surface area (Å²) in [7, 11) is 0. The van der Waals surface area contributed by atoms with Crippen LogP contribution in [0, 0.1) is 11.2 Å². The van der Waals surface area contributed by atoms with Gasteiger partial charge in [0.15, 0.2) is 5.58 Å². The number of hydrogen-bond acceptors (Lipinski definition) is 5. The molecule has 0 saturated carbocycles. The van der Waals surface area contributed by atoms with Crippen LogP contribution in [-0.2, 0) is 15.0 Å². The summed E-state index contributed by atoms with van der Waals surface area (Å²) in [5.41, 5.74) is -0.0291. The number of carbonyl (C=O) groups excluding carboxylic acids is 2. The second-order valence-electron chi connectivity index (χ2n) is 7.97. The maximum absolute atomic E-state index is 13.5. The van der Waals surface area contributed by atoms with Gasteiger partial charge in [-0.25, -0.2) is 4.39 Å². The van der Waals surface area contributed by atoms with E-state index in [4.69, 9.17) is 4.52 Å². The Morgan fingerprint density at radius 2 is 2.00 bits per heavy atom. The van der Waals surface area contributed by atoms with Gasteiger partial charge in [0.2, 0.25) is 5.91 Å². The molecule has 1 aliphatic carbocycles. The number of nitrogens with zero attached hydrogens (tertiary/aromatic N) is 2. The molecule has 5 rings (SSSR count). The van der Waals surface area contributed by atoms with Crippen molar-refractivity contribution in [2.45, 2.75) is 25.2 Å². The third kappa shape index (κ3) is 2.41. The van der Waals surface area contributed by atoms with E-state index in [1.807, 2.05) is 32.1 Å². The zero-order valence-electron chi connectivity index (χ0n) is 16.3. The van der Waals surface area contributed by atoms with Crippen molar-refractivity contribution in [3.05, 3.63) is 83.6 Å². The lowest BCUT2D eigenvalue weighted by molar-refractivity contribution is -0.127. The highest BCUT2D eigenvalue weighted by molar-refractivity contribution is 6.19. The molecule has 3 aromatic rings. The second kappa shape index (κ2) is 6.19. The maximum Gasteiger partial charge on any atom is 0.254 e. The Bertz CT molecular complexity index is 1260. The molecule has 1 saturated heterocycles. The highest BCUT2D eigenvalue weighted by atomic mass is 19.1. The lowest BCUT2D eigenvalue weighted by Gasteiger charge is -2.36. The standard InChI is InChI=1S/C23H18FN3O3/c1-13(17-5-3-4-10-25-17)23-9-8-22(2,12-16(23)20(28)26-21(23)29)19-15-7-6-14(24)11-18(15)30-27-19/h3-13H,1-2H3,(H,26,28,29). The molecule has 0 bridgehead atoms. The topological polar surface area (TPSA) is 85.1 Å². The van der Waals surface area contributed by atoms with Gasteiger partial charge in [-0.3, -0.25) is 19.9 Å². The highest BCUT2D eigenvalue weighted by Crippen LogP contribution is 2.51. The van der Waals surface area contributed by atoms with Gasteiger partial charge in [-0.05, 0) is 31.2 Å². The fraction of sp³-hybridized carbons (Fsp3) is 0.217. The summed E-state index contributed by atoms with van der Waals surface area (Å²) in [5, 5.41) is 7.26. The Balaban J connectivity index is 1.66. The molecule has 2 aromatic heterocycles. The van der Waals surface area contributed by atoms with E-state index in [0.29, 0.717) is 27.9 Å². The van der Waals surface area contributed by atoms with Crippen LogP contribution in [0.3, 0.4) is 0 Å². The van der Waals surface area contributed by atoms with Gasteiger partial charge in [0.05, 0.1) is 5.41 Å². The monoisotopic (exact) mass is 403 g/mol. The molecule has 0 radical (unpaired) electrons. The number of carbonyl (C=O) groups is 2. The van der Waals surface area contributed by atoms with Crippen molar-refractivity contribution in [1.82, 2.24) is 15.5 Å². The third-order valence-corrected chi connectivity index (χ3v) is 6.19. The molecule has 0 spiro atoms. The number of nitrogens with one attached hydrogen (secondary N) is 1. The molecule has 7 heteroatoms. The summed E-state index contributed by atoms with van der Waals surface area (Å²) in [4.78, 5) is 30.1. The number of benzene rings is 1. The van der Waals surface area contributed by atoms with Crippen LogP contribution < -0.4 is 5.32 Å². The van der Waals surface area contributed by atoms with E-state index in [9.17, 15) is 14.0 Å². The summed E-state index contributed by atoms with van der Waals surface area (Å²) in [6.45, 7) is 3.76. The smallest absolute Gasteiger partial charge is 0.254 e. The van der Waals surface area contributed by atoms with Gasteiger partial charge in [0, 0.05) is 34.8 Å². The first-order valence-electron chi connectivity index (χ1n) is 9.61. The van der Waals surface area contributed by atoms with Gasteiger partial charge in [-0.2, -0.15) is 0 Å². The minimum atomic E-state index is -1.16. The molecule has 3 unspecified atom stereocenters. The number of allylic oxidation sites excluding steroid dienone is 2. The Kier molecular flexibility index (Phi) is 3.80. The summed E-state index contributed by atoms with van der Waals surface area (Å²) >= 11 is 0. The van der Waals surface area contributed by atoms with E-state index < -0.39 is 22.6 Å². The molecule has 30 heavy (non-hydrogen) atoms. The van der Waals surface area contributed by atoms with Gasteiger partial charge >= 0.3 is 0 Å². The van der Waals surface area contributed by atoms with Gasteiger partial charge in [-0.1, -0.05) is 36.4 Å². The number of fused-ring (bicyclic) bond motifs is 2. The van der Waals surface area contributed by atoms with Gasteiger partial charge in [0.1, 0.15) is 16.9 Å². The van der Waals surface area contributed by atoms with Gasteiger partial charge in [-0.15, -0.1) is 0 Å². The van der Waals surface area contributed by atoms with Crippen LogP contribution in [0.4, 0.5) is 4.39 Å². The fourth-order valence-corrected chi connectivity index (χ4v) is 4.47. The van der Waals surface area contributed by atoms with Crippen molar-refractivity contribution < 1.29 is 18.5 Å². The number of hydrogen-bond donors (Lipinski definition) is 1. The molecule has 1 N–H and O–H groups in total. The number of rotatable bonds is 3. The summed E-state index contributed by atoms with van der Waals surface area (Å²) in [6.07, 6.45) is 7.05. The fourth-order valence-electron chi connectivity index (χ4n) is 4.47. The first-order valence-corrected chi connectivity index (χ1v) is 9.61. The normalized spacial score (nSPS) is 26.4. The molecule has 3 atom stereocenters. The molecule has 3 heterocycles. The average Bonchev–Trinajstić information content (AvgIpc) is 3.27. The van der Waals surface area contributed by atoms with Crippen LogP contribution >= 0.6 is 0 Å². The number of imide groups is 1. The van der Waals surface area contributed by atoms with Crippen LogP contribution in [0.25, 0.3) is 11.0 Å². The number of pyridine rings is 1. The summed E-state index contributed by atoms with van der Waals surface area (Å²) < 4.78 is 18.9. The van der Waals surface area contributed by atoms with E-state index >= 15 is 0 Å². The third-order valence-electron chi connectivity index (χ3n) is 6.19. The van der Waals surface area contributed by atoms with E-state index in [1.54, 1.807) is 30.5 Å². The predicted octanol–water partition coefficient (Wildman–Crippen LogP) is 3.56. The maximum atomic E-state index is 13.5. The van der Waals surface area contributed by atoms with Crippen molar-refractivity contribution in [1.29, 1.82) is 0 Å². The van der Waals surface area contributed by atoms with Gasteiger partial charge in [0.25, 0.3) is 5.91 Å². The largest absolute Gasteiger partial charge is 0.356 e.